The number of aryl methyl sites for hydroxylation is 2. The lowest BCUT2D eigenvalue weighted by Gasteiger charge is -2.20. The minimum Gasteiger partial charge on any atom is -0.329 e. The van der Waals surface area contributed by atoms with Gasteiger partial charge in [-0.3, -0.25) is 4.40 Å². The minimum absolute atomic E-state index is 0.670. The predicted octanol–water partition coefficient (Wildman–Crippen LogP) is 4.72. The molecule has 1 atom stereocenters. The largest absolute Gasteiger partial charge is 0.329 e. The SMILES string of the molecule is Cc1nc2sccn2c1-c1c(-c2ccccc2)ncn1CCC1CCCN1C. The number of nitrogens with zero attached hydrogens (tertiary/aromatic N) is 5. The molecule has 1 aromatic carbocycles. The van der Waals surface area contributed by atoms with Crippen molar-refractivity contribution in [2.24, 2.45) is 0 Å². The first-order valence-electron chi connectivity index (χ1n) is 9.95. The van der Waals surface area contributed by atoms with Crippen LogP contribution in [0.4, 0.5) is 0 Å². The Morgan fingerprint density at radius 2 is 2.04 bits per heavy atom. The zero-order valence-electron chi connectivity index (χ0n) is 16.4. The summed E-state index contributed by atoms with van der Waals surface area (Å²) >= 11 is 1.68. The molecule has 0 amide bonds. The Hall–Kier alpha value is -2.44. The van der Waals surface area contributed by atoms with E-state index >= 15 is 0 Å². The molecule has 3 aromatic heterocycles. The minimum atomic E-state index is 0.670. The molecule has 0 bridgehead atoms. The number of benzene rings is 1. The first-order valence-corrected chi connectivity index (χ1v) is 10.8. The van der Waals surface area contributed by atoms with Gasteiger partial charge in [0.1, 0.15) is 0 Å². The van der Waals surface area contributed by atoms with Crippen LogP contribution in [0.15, 0.2) is 48.2 Å². The quantitative estimate of drug-likeness (QED) is 0.494. The molecule has 0 saturated carbocycles. The molecule has 5 nitrogen and oxygen atoms in total. The highest BCUT2D eigenvalue weighted by atomic mass is 32.1. The van der Waals surface area contributed by atoms with Crippen LogP contribution in [0.1, 0.15) is 25.0 Å². The van der Waals surface area contributed by atoms with Gasteiger partial charge in [0.15, 0.2) is 4.96 Å². The van der Waals surface area contributed by atoms with Gasteiger partial charge in [0, 0.05) is 29.7 Å². The summed E-state index contributed by atoms with van der Waals surface area (Å²) in [6.45, 7) is 4.29. The van der Waals surface area contributed by atoms with Crippen LogP contribution in [0.25, 0.3) is 27.6 Å². The number of likely N-dealkylation sites (tertiary alicyclic amines) is 1. The molecule has 28 heavy (non-hydrogen) atoms. The number of imidazole rings is 2. The molecule has 1 saturated heterocycles. The van der Waals surface area contributed by atoms with Crippen LogP contribution in [0.5, 0.6) is 0 Å². The van der Waals surface area contributed by atoms with Gasteiger partial charge in [0.2, 0.25) is 0 Å². The smallest absolute Gasteiger partial charge is 0.194 e. The monoisotopic (exact) mass is 391 g/mol. The Balaban J connectivity index is 1.61. The summed E-state index contributed by atoms with van der Waals surface area (Å²) in [5, 5.41) is 2.10. The van der Waals surface area contributed by atoms with Gasteiger partial charge in [-0.05, 0) is 39.8 Å². The van der Waals surface area contributed by atoms with E-state index in [9.17, 15) is 0 Å². The normalized spacial score (nSPS) is 17.7. The van der Waals surface area contributed by atoms with Crippen molar-refractivity contribution in [2.45, 2.75) is 38.8 Å². The maximum absolute atomic E-state index is 4.85. The van der Waals surface area contributed by atoms with Crippen molar-refractivity contribution in [1.82, 2.24) is 23.8 Å². The lowest BCUT2D eigenvalue weighted by Crippen LogP contribution is -2.26. The van der Waals surface area contributed by atoms with E-state index in [1.54, 1.807) is 11.3 Å². The summed E-state index contributed by atoms with van der Waals surface area (Å²) in [4.78, 5) is 13.2. The molecule has 0 aliphatic carbocycles. The number of fused-ring (bicyclic) bond motifs is 1. The molecule has 0 N–H and O–H groups in total. The van der Waals surface area contributed by atoms with E-state index in [1.165, 1.54) is 25.1 Å². The summed E-state index contributed by atoms with van der Waals surface area (Å²) in [7, 11) is 2.25. The third kappa shape index (κ3) is 2.97. The van der Waals surface area contributed by atoms with Crippen LogP contribution in [0, 0.1) is 6.92 Å². The Labute approximate surface area is 169 Å². The molecule has 1 unspecified atom stereocenters. The van der Waals surface area contributed by atoms with Crippen molar-refractivity contribution in [2.75, 3.05) is 13.6 Å². The van der Waals surface area contributed by atoms with Crippen LogP contribution in [-0.2, 0) is 6.54 Å². The summed E-state index contributed by atoms with van der Waals surface area (Å²) < 4.78 is 4.55. The van der Waals surface area contributed by atoms with E-state index in [4.69, 9.17) is 9.97 Å². The fraction of sp³-hybridized carbons (Fsp3) is 0.364. The number of hydrogen-bond acceptors (Lipinski definition) is 4. The summed E-state index contributed by atoms with van der Waals surface area (Å²) in [6.07, 6.45) is 7.89. The zero-order valence-corrected chi connectivity index (χ0v) is 17.2. The second kappa shape index (κ2) is 7.18. The average Bonchev–Trinajstić information content (AvgIpc) is 3.46. The van der Waals surface area contributed by atoms with Gasteiger partial charge in [0.25, 0.3) is 0 Å². The third-order valence-electron chi connectivity index (χ3n) is 5.92. The molecule has 0 spiro atoms. The highest BCUT2D eigenvalue weighted by Crippen LogP contribution is 2.35. The Bertz CT molecular complexity index is 1090. The van der Waals surface area contributed by atoms with Crippen LogP contribution >= 0.6 is 11.3 Å². The fourth-order valence-corrected chi connectivity index (χ4v) is 5.18. The van der Waals surface area contributed by atoms with Gasteiger partial charge >= 0.3 is 0 Å². The predicted molar refractivity (Wildman–Crippen MR) is 115 cm³/mol. The zero-order chi connectivity index (χ0) is 19.1. The van der Waals surface area contributed by atoms with Crippen molar-refractivity contribution < 1.29 is 0 Å². The molecule has 4 aromatic rings. The molecule has 6 heteroatoms. The maximum atomic E-state index is 4.85. The third-order valence-corrected chi connectivity index (χ3v) is 6.68. The molecular weight excluding hydrogens is 366 g/mol. The first kappa shape index (κ1) is 17.6. The number of aromatic nitrogens is 4. The molecule has 1 fully saturated rings. The van der Waals surface area contributed by atoms with E-state index in [0.717, 1.165) is 40.6 Å². The van der Waals surface area contributed by atoms with Crippen LogP contribution in [-0.4, -0.2) is 43.5 Å². The van der Waals surface area contributed by atoms with E-state index in [-0.39, 0.29) is 0 Å². The Morgan fingerprint density at radius 3 is 2.82 bits per heavy atom. The Morgan fingerprint density at radius 1 is 1.18 bits per heavy atom. The highest BCUT2D eigenvalue weighted by molar-refractivity contribution is 7.15. The standard InChI is InChI=1S/C22H25N5S/c1-16-20(27-13-14-28-22(27)24-16)21-19(17-7-4-3-5-8-17)23-15-26(21)12-10-18-9-6-11-25(18)2/h3-5,7-8,13-15,18H,6,9-12H2,1-2H3. The summed E-state index contributed by atoms with van der Waals surface area (Å²) in [5.41, 5.74) is 5.58. The van der Waals surface area contributed by atoms with Gasteiger partial charge in [-0.25, -0.2) is 9.97 Å². The average molecular weight is 392 g/mol. The number of thiazole rings is 1. The van der Waals surface area contributed by atoms with Gasteiger partial charge in [0.05, 0.1) is 29.1 Å². The second-order valence-electron chi connectivity index (χ2n) is 7.67. The maximum Gasteiger partial charge on any atom is 0.194 e. The van der Waals surface area contributed by atoms with E-state index < -0.39 is 0 Å². The van der Waals surface area contributed by atoms with Crippen molar-refractivity contribution in [1.29, 1.82) is 0 Å². The number of rotatable bonds is 5. The van der Waals surface area contributed by atoms with Crippen LogP contribution in [0.2, 0.25) is 0 Å². The molecule has 5 rings (SSSR count). The second-order valence-corrected chi connectivity index (χ2v) is 8.54. The Kier molecular flexibility index (Phi) is 4.53. The summed E-state index contributed by atoms with van der Waals surface area (Å²) in [6, 6.07) is 11.2. The van der Waals surface area contributed by atoms with Crippen LogP contribution in [0.3, 0.4) is 0 Å². The van der Waals surface area contributed by atoms with Crippen molar-refractivity contribution in [3.63, 3.8) is 0 Å². The lowest BCUT2D eigenvalue weighted by molar-refractivity contribution is 0.286. The van der Waals surface area contributed by atoms with Crippen molar-refractivity contribution >= 4 is 16.3 Å². The van der Waals surface area contributed by atoms with Gasteiger partial charge in [-0.2, -0.15) is 0 Å². The molecule has 1 aliphatic rings. The molecule has 1 aliphatic heterocycles. The van der Waals surface area contributed by atoms with Crippen molar-refractivity contribution in [3.8, 4) is 22.6 Å². The van der Waals surface area contributed by atoms with E-state index in [0.29, 0.717) is 6.04 Å². The fourth-order valence-electron chi connectivity index (χ4n) is 4.42. The summed E-state index contributed by atoms with van der Waals surface area (Å²) in [5.74, 6) is 0. The topological polar surface area (TPSA) is 38.4 Å². The molecular formula is C22H25N5S. The van der Waals surface area contributed by atoms with Gasteiger partial charge < -0.3 is 9.47 Å². The van der Waals surface area contributed by atoms with Gasteiger partial charge in [-0.1, -0.05) is 30.3 Å². The molecule has 4 heterocycles. The highest BCUT2D eigenvalue weighted by Gasteiger charge is 2.24. The van der Waals surface area contributed by atoms with Gasteiger partial charge in [-0.15, -0.1) is 11.3 Å². The number of hydrogen-bond donors (Lipinski definition) is 0. The van der Waals surface area contributed by atoms with E-state index in [2.05, 4.69) is 69.7 Å². The molecule has 0 radical (unpaired) electrons. The van der Waals surface area contributed by atoms with Crippen LogP contribution < -0.4 is 0 Å². The van der Waals surface area contributed by atoms with Crippen molar-refractivity contribution in [3.05, 3.63) is 53.9 Å². The van der Waals surface area contributed by atoms with E-state index in [1.807, 2.05) is 6.33 Å². The first-order chi connectivity index (χ1) is 13.7. The lowest BCUT2D eigenvalue weighted by atomic mass is 10.1. The molecule has 144 valence electrons.